The second kappa shape index (κ2) is 7.67. The molecule has 4 aromatic rings. The quantitative estimate of drug-likeness (QED) is 0.406. The molecule has 0 saturated heterocycles. The van der Waals surface area contributed by atoms with E-state index in [1.807, 2.05) is 31.2 Å². The number of esters is 1. The van der Waals surface area contributed by atoms with Crippen LogP contribution < -0.4 is 0 Å². The number of halogens is 3. The SMILES string of the molecule is Cc1ccc(-c2ccn3c(C(=O)OCC(F)(F)F)c(-c4ccccc4)nc3c2)cc1. The summed E-state index contributed by atoms with van der Waals surface area (Å²) in [6.07, 6.45) is -2.99. The van der Waals surface area contributed by atoms with Gasteiger partial charge in [-0.1, -0.05) is 60.2 Å². The van der Waals surface area contributed by atoms with E-state index in [4.69, 9.17) is 0 Å². The van der Waals surface area contributed by atoms with E-state index in [9.17, 15) is 18.0 Å². The van der Waals surface area contributed by atoms with Crippen LogP contribution in [0.5, 0.6) is 0 Å². The van der Waals surface area contributed by atoms with E-state index < -0.39 is 18.8 Å². The van der Waals surface area contributed by atoms with Crippen LogP contribution in [0.3, 0.4) is 0 Å². The van der Waals surface area contributed by atoms with Gasteiger partial charge in [0.05, 0.1) is 0 Å². The minimum absolute atomic E-state index is 0.0455. The molecule has 7 heteroatoms. The van der Waals surface area contributed by atoms with Crippen LogP contribution in [0.4, 0.5) is 13.2 Å². The molecular weight excluding hydrogens is 393 g/mol. The van der Waals surface area contributed by atoms with Gasteiger partial charge in [0, 0.05) is 11.8 Å². The van der Waals surface area contributed by atoms with E-state index in [0.717, 1.165) is 16.7 Å². The van der Waals surface area contributed by atoms with Crippen LogP contribution in [0.15, 0.2) is 72.9 Å². The molecule has 0 spiro atoms. The zero-order chi connectivity index (χ0) is 21.3. The molecule has 0 atom stereocenters. The van der Waals surface area contributed by atoms with E-state index in [0.29, 0.717) is 11.2 Å². The summed E-state index contributed by atoms with van der Waals surface area (Å²) in [5.74, 6) is -1.08. The highest BCUT2D eigenvalue weighted by Crippen LogP contribution is 2.28. The molecule has 4 rings (SSSR count). The van der Waals surface area contributed by atoms with Crippen molar-refractivity contribution in [3.05, 3.63) is 84.2 Å². The third-order valence-electron chi connectivity index (χ3n) is 4.62. The van der Waals surface area contributed by atoms with Gasteiger partial charge < -0.3 is 4.74 Å². The molecule has 0 amide bonds. The Kier molecular flexibility index (Phi) is 5.03. The van der Waals surface area contributed by atoms with Gasteiger partial charge in [0.1, 0.15) is 11.3 Å². The minimum Gasteiger partial charge on any atom is -0.451 e. The molecule has 0 radical (unpaired) electrons. The highest BCUT2D eigenvalue weighted by Gasteiger charge is 2.31. The third kappa shape index (κ3) is 4.05. The Bertz CT molecular complexity index is 1200. The minimum atomic E-state index is -4.61. The lowest BCUT2D eigenvalue weighted by molar-refractivity contribution is -0.161. The Morgan fingerprint density at radius 1 is 0.967 bits per heavy atom. The molecule has 0 aliphatic heterocycles. The Hall–Kier alpha value is -3.61. The fraction of sp³-hybridized carbons (Fsp3) is 0.130. The van der Waals surface area contributed by atoms with Gasteiger partial charge in [-0.3, -0.25) is 4.40 Å². The van der Waals surface area contributed by atoms with E-state index in [2.05, 4.69) is 9.72 Å². The molecule has 2 aromatic heterocycles. The number of fused-ring (bicyclic) bond motifs is 1. The smallest absolute Gasteiger partial charge is 0.422 e. The maximum Gasteiger partial charge on any atom is 0.422 e. The molecule has 2 aromatic carbocycles. The fourth-order valence-corrected chi connectivity index (χ4v) is 3.18. The second-order valence-electron chi connectivity index (χ2n) is 6.88. The predicted octanol–water partition coefficient (Wildman–Crippen LogP) is 5.70. The highest BCUT2D eigenvalue weighted by molar-refractivity contribution is 5.96. The first-order valence-corrected chi connectivity index (χ1v) is 9.20. The Labute approximate surface area is 170 Å². The molecule has 0 aliphatic carbocycles. The van der Waals surface area contributed by atoms with Gasteiger partial charge in [-0.2, -0.15) is 13.2 Å². The molecule has 2 heterocycles. The summed E-state index contributed by atoms with van der Waals surface area (Å²) in [5, 5.41) is 0. The van der Waals surface area contributed by atoms with Gasteiger partial charge in [-0.15, -0.1) is 0 Å². The van der Waals surface area contributed by atoms with E-state index in [1.54, 1.807) is 48.7 Å². The molecule has 0 aliphatic rings. The van der Waals surface area contributed by atoms with Crippen molar-refractivity contribution < 1.29 is 22.7 Å². The first-order chi connectivity index (χ1) is 14.3. The van der Waals surface area contributed by atoms with Crippen LogP contribution in [-0.2, 0) is 4.74 Å². The average Bonchev–Trinajstić information content (AvgIpc) is 3.11. The van der Waals surface area contributed by atoms with E-state index >= 15 is 0 Å². The fourth-order valence-electron chi connectivity index (χ4n) is 3.18. The van der Waals surface area contributed by atoms with Gasteiger partial charge in [-0.25, -0.2) is 9.78 Å². The van der Waals surface area contributed by atoms with Gasteiger partial charge in [0.2, 0.25) is 0 Å². The number of ether oxygens (including phenoxy) is 1. The number of hydrogen-bond acceptors (Lipinski definition) is 3. The summed E-state index contributed by atoms with van der Waals surface area (Å²) in [5.41, 5.74) is 4.24. The lowest BCUT2D eigenvalue weighted by atomic mass is 10.1. The lowest BCUT2D eigenvalue weighted by Crippen LogP contribution is -2.21. The number of aromatic nitrogens is 2. The van der Waals surface area contributed by atoms with Gasteiger partial charge >= 0.3 is 12.1 Å². The van der Waals surface area contributed by atoms with Gasteiger partial charge in [0.25, 0.3) is 0 Å². The first kappa shape index (κ1) is 19.7. The highest BCUT2D eigenvalue weighted by atomic mass is 19.4. The summed E-state index contributed by atoms with van der Waals surface area (Å²) < 4.78 is 43.7. The largest absolute Gasteiger partial charge is 0.451 e. The summed E-state index contributed by atoms with van der Waals surface area (Å²) >= 11 is 0. The van der Waals surface area contributed by atoms with Crippen LogP contribution in [0.2, 0.25) is 0 Å². The lowest BCUT2D eigenvalue weighted by Gasteiger charge is -2.09. The topological polar surface area (TPSA) is 43.6 Å². The monoisotopic (exact) mass is 410 g/mol. The molecule has 0 unspecified atom stereocenters. The van der Waals surface area contributed by atoms with Crippen molar-refractivity contribution in [2.45, 2.75) is 13.1 Å². The van der Waals surface area contributed by atoms with Crippen molar-refractivity contribution in [2.24, 2.45) is 0 Å². The number of rotatable bonds is 4. The standard InChI is InChI=1S/C23H17F3N2O2/c1-15-7-9-16(10-8-15)18-11-12-28-19(13-18)27-20(17-5-3-2-4-6-17)21(28)22(29)30-14-23(24,25)26/h2-13H,14H2,1H3. The number of aryl methyl sites for hydroxylation is 1. The van der Waals surface area contributed by atoms with Crippen LogP contribution in [-0.4, -0.2) is 28.1 Å². The second-order valence-corrected chi connectivity index (χ2v) is 6.88. The molecular formula is C23H17F3N2O2. The summed E-state index contributed by atoms with van der Waals surface area (Å²) in [6, 6.07) is 20.3. The maximum absolute atomic E-state index is 12.6. The van der Waals surface area contributed by atoms with Crippen molar-refractivity contribution >= 4 is 11.6 Å². The van der Waals surface area contributed by atoms with Crippen LogP contribution in [0.1, 0.15) is 16.1 Å². The molecule has 4 nitrogen and oxygen atoms in total. The van der Waals surface area contributed by atoms with E-state index in [-0.39, 0.29) is 11.4 Å². The predicted molar refractivity (Wildman–Crippen MR) is 107 cm³/mol. The Balaban J connectivity index is 1.83. The van der Waals surface area contributed by atoms with Gasteiger partial charge in [0.15, 0.2) is 12.3 Å². The molecule has 152 valence electrons. The number of carbonyl (C=O) groups is 1. The van der Waals surface area contributed by atoms with Crippen molar-refractivity contribution in [1.82, 2.24) is 9.38 Å². The number of alkyl halides is 3. The summed E-state index contributed by atoms with van der Waals surface area (Å²) in [6.45, 7) is 0.335. The number of carbonyl (C=O) groups excluding carboxylic acids is 1. The van der Waals surface area contributed by atoms with Crippen molar-refractivity contribution in [3.63, 3.8) is 0 Å². The van der Waals surface area contributed by atoms with Gasteiger partial charge in [-0.05, 0) is 30.2 Å². The van der Waals surface area contributed by atoms with Crippen LogP contribution >= 0.6 is 0 Å². The van der Waals surface area contributed by atoms with Crippen LogP contribution in [0, 0.1) is 6.92 Å². The van der Waals surface area contributed by atoms with Crippen molar-refractivity contribution in [3.8, 4) is 22.4 Å². The molecule has 0 saturated carbocycles. The maximum atomic E-state index is 12.6. The number of hydrogen-bond donors (Lipinski definition) is 0. The molecule has 0 N–H and O–H groups in total. The zero-order valence-corrected chi connectivity index (χ0v) is 16.0. The first-order valence-electron chi connectivity index (χ1n) is 9.20. The number of benzene rings is 2. The average molecular weight is 410 g/mol. The number of pyridine rings is 1. The number of nitrogens with zero attached hydrogens (tertiary/aromatic N) is 2. The zero-order valence-electron chi connectivity index (χ0n) is 16.0. The number of imidazole rings is 1. The Morgan fingerprint density at radius 2 is 1.67 bits per heavy atom. The van der Waals surface area contributed by atoms with Crippen molar-refractivity contribution in [2.75, 3.05) is 6.61 Å². The Morgan fingerprint density at radius 3 is 2.33 bits per heavy atom. The van der Waals surface area contributed by atoms with Crippen LogP contribution in [0.25, 0.3) is 28.0 Å². The molecule has 0 bridgehead atoms. The third-order valence-corrected chi connectivity index (χ3v) is 4.62. The molecule has 0 fully saturated rings. The van der Waals surface area contributed by atoms with E-state index in [1.165, 1.54) is 4.40 Å². The normalized spacial score (nSPS) is 11.6. The summed E-state index contributed by atoms with van der Waals surface area (Å²) in [4.78, 5) is 17.1. The molecule has 30 heavy (non-hydrogen) atoms. The summed E-state index contributed by atoms with van der Waals surface area (Å²) in [7, 11) is 0. The van der Waals surface area contributed by atoms with Crippen molar-refractivity contribution in [1.29, 1.82) is 0 Å².